The van der Waals surface area contributed by atoms with E-state index in [0.29, 0.717) is 18.7 Å². The van der Waals surface area contributed by atoms with Crippen LogP contribution in [0, 0.1) is 18.3 Å². The molecule has 0 saturated heterocycles. The van der Waals surface area contributed by atoms with Crippen LogP contribution in [0.25, 0.3) is 0 Å². The molecule has 0 amide bonds. The molecule has 1 N–H and O–H groups in total. The number of hydrogen-bond acceptors (Lipinski definition) is 3. The zero-order valence-corrected chi connectivity index (χ0v) is 12.8. The van der Waals surface area contributed by atoms with Crippen LogP contribution >= 0.6 is 15.9 Å². The summed E-state index contributed by atoms with van der Waals surface area (Å²) in [6, 6.07) is 15.6. The van der Waals surface area contributed by atoms with E-state index < -0.39 is 0 Å². The van der Waals surface area contributed by atoms with Crippen LogP contribution in [0.4, 0.5) is 5.69 Å². The van der Waals surface area contributed by atoms with Gasteiger partial charge in [-0.25, -0.2) is 0 Å². The Morgan fingerprint density at radius 1 is 1.25 bits per heavy atom. The molecule has 0 aliphatic heterocycles. The molecule has 0 aliphatic rings. The number of nitrogens with one attached hydrogen (secondary N) is 1. The number of halogens is 1. The molecule has 2 aromatic carbocycles. The van der Waals surface area contributed by atoms with E-state index in [1.807, 2.05) is 43.3 Å². The van der Waals surface area contributed by atoms with Crippen LogP contribution in [-0.2, 0) is 0 Å². The first-order valence-corrected chi connectivity index (χ1v) is 7.11. The lowest BCUT2D eigenvalue weighted by Gasteiger charge is -2.10. The largest absolute Gasteiger partial charge is 0.492 e. The predicted octanol–water partition coefficient (Wildman–Crippen LogP) is 4.12. The molecule has 2 aromatic rings. The van der Waals surface area contributed by atoms with Crippen LogP contribution in [-0.4, -0.2) is 13.2 Å². The molecule has 2 rings (SSSR count). The molecule has 0 aromatic heterocycles. The van der Waals surface area contributed by atoms with Gasteiger partial charge in [0.25, 0.3) is 0 Å². The second-order valence-corrected chi connectivity index (χ2v) is 5.31. The van der Waals surface area contributed by atoms with Crippen LogP contribution in [0.15, 0.2) is 46.9 Å². The molecule has 0 unspecified atom stereocenters. The van der Waals surface area contributed by atoms with Gasteiger partial charge in [0, 0.05) is 11.0 Å². The van der Waals surface area contributed by atoms with Gasteiger partial charge < -0.3 is 10.1 Å². The van der Waals surface area contributed by atoms with Gasteiger partial charge in [0.2, 0.25) is 0 Å². The van der Waals surface area contributed by atoms with Crippen molar-refractivity contribution in [3.05, 3.63) is 58.1 Å². The van der Waals surface area contributed by atoms with Gasteiger partial charge in [-0.1, -0.05) is 28.1 Å². The van der Waals surface area contributed by atoms with E-state index in [4.69, 9.17) is 10.00 Å². The molecule has 0 atom stereocenters. The normalized spacial score (nSPS) is 9.85. The van der Waals surface area contributed by atoms with E-state index in [-0.39, 0.29) is 0 Å². The zero-order valence-electron chi connectivity index (χ0n) is 11.2. The van der Waals surface area contributed by atoms with Crippen molar-refractivity contribution in [3.8, 4) is 11.8 Å². The van der Waals surface area contributed by atoms with Gasteiger partial charge in [0.1, 0.15) is 18.4 Å². The van der Waals surface area contributed by atoms with Crippen molar-refractivity contribution in [2.45, 2.75) is 6.92 Å². The van der Waals surface area contributed by atoms with Crippen molar-refractivity contribution < 1.29 is 4.74 Å². The Morgan fingerprint density at radius 3 is 2.85 bits per heavy atom. The van der Waals surface area contributed by atoms with Crippen molar-refractivity contribution >= 4 is 21.6 Å². The number of ether oxygens (including phenoxy) is 1. The third kappa shape index (κ3) is 4.01. The van der Waals surface area contributed by atoms with Crippen molar-refractivity contribution in [2.24, 2.45) is 0 Å². The zero-order chi connectivity index (χ0) is 14.4. The van der Waals surface area contributed by atoms with Crippen LogP contribution < -0.4 is 10.1 Å². The first kappa shape index (κ1) is 14.4. The standard InChI is InChI=1S/C16H15BrN2O/c1-12-3-2-4-15(9-12)20-8-7-19-16-10-14(17)6-5-13(16)11-18/h2-6,9-10,19H,7-8H2,1H3. The quantitative estimate of drug-likeness (QED) is 0.838. The van der Waals surface area contributed by atoms with Crippen molar-refractivity contribution in [1.82, 2.24) is 0 Å². The fourth-order valence-corrected chi connectivity index (χ4v) is 2.18. The summed E-state index contributed by atoms with van der Waals surface area (Å²) in [5, 5.41) is 12.3. The van der Waals surface area contributed by atoms with Crippen LogP contribution in [0.5, 0.6) is 5.75 Å². The Morgan fingerprint density at radius 2 is 2.10 bits per heavy atom. The van der Waals surface area contributed by atoms with Gasteiger partial charge >= 0.3 is 0 Å². The average molecular weight is 331 g/mol. The van der Waals surface area contributed by atoms with Gasteiger partial charge in [0.05, 0.1) is 11.3 Å². The van der Waals surface area contributed by atoms with E-state index in [0.717, 1.165) is 15.9 Å². The van der Waals surface area contributed by atoms with Crippen LogP contribution in [0.3, 0.4) is 0 Å². The molecule has 4 heteroatoms. The highest BCUT2D eigenvalue weighted by Crippen LogP contribution is 2.20. The molecule has 102 valence electrons. The number of aryl methyl sites for hydroxylation is 1. The van der Waals surface area contributed by atoms with Crippen molar-refractivity contribution in [1.29, 1.82) is 5.26 Å². The topological polar surface area (TPSA) is 45.0 Å². The Hall–Kier alpha value is -1.99. The maximum Gasteiger partial charge on any atom is 0.119 e. The molecule has 3 nitrogen and oxygen atoms in total. The highest BCUT2D eigenvalue weighted by molar-refractivity contribution is 9.10. The Balaban J connectivity index is 1.87. The summed E-state index contributed by atoms with van der Waals surface area (Å²) in [4.78, 5) is 0. The molecular weight excluding hydrogens is 316 g/mol. The lowest BCUT2D eigenvalue weighted by molar-refractivity contribution is 0.332. The molecule has 0 bridgehead atoms. The summed E-state index contributed by atoms with van der Waals surface area (Å²) < 4.78 is 6.60. The number of benzene rings is 2. The fourth-order valence-electron chi connectivity index (χ4n) is 1.82. The van der Waals surface area contributed by atoms with Crippen molar-refractivity contribution in [2.75, 3.05) is 18.5 Å². The van der Waals surface area contributed by atoms with Crippen LogP contribution in [0.2, 0.25) is 0 Å². The van der Waals surface area contributed by atoms with E-state index in [2.05, 4.69) is 27.3 Å². The van der Waals surface area contributed by atoms with E-state index >= 15 is 0 Å². The average Bonchev–Trinajstić information content (AvgIpc) is 2.44. The Bertz CT molecular complexity index is 635. The maximum absolute atomic E-state index is 9.04. The minimum Gasteiger partial charge on any atom is -0.492 e. The lowest BCUT2D eigenvalue weighted by Crippen LogP contribution is -2.12. The SMILES string of the molecule is Cc1cccc(OCCNc2cc(Br)ccc2C#N)c1. The molecule has 0 radical (unpaired) electrons. The summed E-state index contributed by atoms with van der Waals surface area (Å²) in [5.74, 6) is 0.863. The number of anilines is 1. The third-order valence-electron chi connectivity index (χ3n) is 2.78. The lowest BCUT2D eigenvalue weighted by atomic mass is 10.2. The fraction of sp³-hybridized carbons (Fsp3) is 0.188. The minimum absolute atomic E-state index is 0.542. The number of nitriles is 1. The molecule has 0 saturated carbocycles. The van der Waals surface area contributed by atoms with Gasteiger partial charge in [-0.05, 0) is 42.8 Å². The third-order valence-corrected chi connectivity index (χ3v) is 3.27. The van der Waals surface area contributed by atoms with Gasteiger partial charge in [0.15, 0.2) is 0 Å². The number of hydrogen-bond donors (Lipinski definition) is 1. The number of rotatable bonds is 5. The summed E-state index contributed by atoms with van der Waals surface area (Å²) in [5.41, 5.74) is 2.62. The van der Waals surface area contributed by atoms with Gasteiger partial charge in [-0.2, -0.15) is 5.26 Å². The molecule has 0 heterocycles. The van der Waals surface area contributed by atoms with E-state index in [9.17, 15) is 0 Å². The summed E-state index contributed by atoms with van der Waals surface area (Å²) >= 11 is 3.40. The molecule has 0 aliphatic carbocycles. The second-order valence-electron chi connectivity index (χ2n) is 4.39. The van der Waals surface area contributed by atoms with Crippen LogP contribution in [0.1, 0.15) is 11.1 Å². The highest BCUT2D eigenvalue weighted by atomic mass is 79.9. The summed E-state index contributed by atoms with van der Waals surface area (Å²) in [7, 11) is 0. The summed E-state index contributed by atoms with van der Waals surface area (Å²) in [6.45, 7) is 3.21. The minimum atomic E-state index is 0.542. The van der Waals surface area contributed by atoms with E-state index in [1.54, 1.807) is 6.07 Å². The first-order chi connectivity index (χ1) is 9.69. The highest BCUT2D eigenvalue weighted by Gasteiger charge is 2.02. The monoisotopic (exact) mass is 330 g/mol. The smallest absolute Gasteiger partial charge is 0.119 e. The molecule has 20 heavy (non-hydrogen) atoms. The number of nitrogens with zero attached hydrogens (tertiary/aromatic N) is 1. The first-order valence-electron chi connectivity index (χ1n) is 6.32. The van der Waals surface area contributed by atoms with E-state index in [1.165, 1.54) is 5.56 Å². The predicted molar refractivity (Wildman–Crippen MR) is 84.0 cm³/mol. The molecular formula is C16H15BrN2O. The Labute approximate surface area is 127 Å². The second kappa shape index (κ2) is 6.97. The van der Waals surface area contributed by atoms with Gasteiger partial charge in [-0.15, -0.1) is 0 Å². The Kier molecular flexibility index (Phi) is 5.03. The van der Waals surface area contributed by atoms with Crippen molar-refractivity contribution in [3.63, 3.8) is 0 Å². The van der Waals surface area contributed by atoms with Gasteiger partial charge in [-0.3, -0.25) is 0 Å². The summed E-state index contributed by atoms with van der Waals surface area (Å²) in [6.07, 6.45) is 0. The molecule has 0 spiro atoms. The molecule has 0 fully saturated rings. The maximum atomic E-state index is 9.04.